The summed E-state index contributed by atoms with van der Waals surface area (Å²) in [5.74, 6) is 2.52. The molecule has 2 aromatic heterocycles. The number of rotatable bonds is 5. The van der Waals surface area contributed by atoms with Gasteiger partial charge in [-0.05, 0) is 19.3 Å². The van der Waals surface area contributed by atoms with Crippen molar-refractivity contribution in [1.82, 2.24) is 19.9 Å². The molecule has 132 valence electrons. The highest BCUT2D eigenvalue weighted by atomic mass is 16.5. The number of β-amino-alcohol motifs (C(OH)–C–C–N with tert-alkyl or cyclic N) is 1. The van der Waals surface area contributed by atoms with E-state index in [9.17, 15) is 5.11 Å². The Kier molecular flexibility index (Phi) is 4.35. The number of hydrogen-bond acceptors (Lipinski definition) is 8. The van der Waals surface area contributed by atoms with E-state index in [0.717, 1.165) is 37.3 Å². The van der Waals surface area contributed by atoms with Crippen LogP contribution in [0.3, 0.4) is 0 Å². The van der Waals surface area contributed by atoms with Gasteiger partial charge < -0.3 is 20.1 Å². The SMILES string of the molecule is COc1nccnc1NC1CC(c2cc(N3CC[C@H](O)C3)ncn2)C1. The van der Waals surface area contributed by atoms with Crippen molar-refractivity contribution < 1.29 is 9.84 Å². The number of aromatic nitrogens is 4. The third kappa shape index (κ3) is 3.34. The summed E-state index contributed by atoms with van der Waals surface area (Å²) in [6.45, 7) is 1.50. The van der Waals surface area contributed by atoms with Crippen LogP contribution in [-0.4, -0.2) is 57.4 Å². The average molecular weight is 342 g/mol. The van der Waals surface area contributed by atoms with Gasteiger partial charge in [0.2, 0.25) is 0 Å². The highest BCUT2D eigenvalue weighted by molar-refractivity contribution is 5.47. The number of aliphatic hydroxyl groups excluding tert-OH is 1. The number of anilines is 2. The lowest BCUT2D eigenvalue weighted by atomic mass is 9.78. The van der Waals surface area contributed by atoms with Gasteiger partial charge in [0.1, 0.15) is 12.1 Å². The Balaban J connectivity index is 1.37. The van der Waals surface area contributed by atoms with Gasteiger partial charge in [-0.25, -0.2) is 19.9 Å². The number of nitrogens with one attached hydrogen (secondary N) is 1. The molecular formula is C17H22N6O2. The van der Waals surface area contributed by atoms with Crippen LogP contribution in [-0.2, 0) is 0 Å². The quantitative estimate of drug-likeness (QED) is 0.837. The van der Waals surface area contributed by atoms with Crippen LogP contribution in [0.25, 0.3) is 0 Å². The summed E-state index contributed by atoms with van der Waals surface area (Å²) in [7, 11) is 1.59. The molecule has 0 aromatic carbocycles. The summed E-state index contributed by atoms with van der Waals surface area (Å²) in [5.41, 5.74) is 1.07. The monoisotopic (exact) mass is 342 g/mol. The molecule has 2 N–H and O–H groups in total. The van der Waals surface area contributed by atoms with Crippen LogP contribution >= 0.6 is 0 Å². The molecule has 2 aliphatic rings. The molecule has 8 heteroatoms. The van der Waals surface area contributed by atoms with Gasteiger partial charge in [-0.3, -0.25) is 0 Å². The van der Waals surface area contributed by atoms with Crippen molar-refractivity contribution in [3.05, 3.63) is 30.5 Å². The van der Waals surface area contributed by atoms with E-state index in [1.54, 1.807) is 25.8 Å². The van der Waals surface area contributed by atoms with Crippen molar-refractivity contribution >= 4 is 11.6 Å². The zero-order valence-corrected chi connectivity index (χ0v) is 14.2. The van der Waals surface area contributed by atoms with Gasteiger partial charge in [-0.1, -0.05) is 0 Å². The van der Waals surface area contributed by atoms with Crippen molar-refractivity contribution in [1.29, 1.82) is 0 Å². The Hall–Kier alpha value is -2.48. The minimum atomic E-state index is -0.252. The molecule has 1 aliphatic carbocycles. The zero-order valence-electron chi connectivity index (χ0n) is 14.2. The third-order valence-electron chi connectivity index (χ3n) is 4.92. The summed E-state index contributed by atoms with van der Waals surface area (Å²) >= 11 is 0. The van der Waals surface area contributed by atoms with Gasteiger partial charge in [-0.2, -0.15) is 0 Å². The Morgan fingerprint density at radius 3 is 2.80 bits per heavy atom. The van der Waals surface area contributed by atoms with Crippen molar-refractivity contribution in [2.75, 3.05) is 30.4 Å². The Morgan fingerprint density at radius 2 is 2.04 bits per heavy atom. The predicted octanol–water partition coefficient (Wildman–Crippen LogP) is 1.20. The van der Waals surface area contributed by atoms with Crippen LogP contribution in [0.2, 0.25) is 0 Å². The average Bonchev–Trinajstić information content (AvgIpc) is 3.04. The maximum Gasteiger partial charge on any atom is 0.257 e. The molecule has 0 bridgehead atoms. The van der Waals surface area contributed by atoms with E-state index in [-0.39, 0.29) is 6.10 Å². The van der Waals surface area contributed by atoms with Crippen LogP contribution in [0.15, 0.2) is 24.8 Å². The van der Waals surface area contributed by atoms with E-state index in [1.807, 2.05) is 0 Å². The maximum absolute atomic E-state index is 9.70. The van der Waals surface area contributed by atoms with Crippen molar-refractivity contribution in [2.24, 2.45) is 0 Å². The van der Waals surface area contributed by atoms with Gasteiger partial charge in [-0.15, -0.1) is 0 Å². The van der Waals surface area contributed by atoms with E-state index >= 15 is 0 Å². The largest absolute Gasteiger partial charge is 0.478 e. The second-order valence-electron chi connectivity index (χ2n) is 6.61. The number of hydrogen-bond donors (Lipinski definition) is 2. The van der Waals surface area contributed by atoms with E-state index in [1.165, 1.54) is 0 Å². The lowest BCUT2D eigenvalue weighted by molar-refractivity contribution is 0.198. The van der Waals surface area contributed by atoms with E-state index in [2.05, 4.69) is 36.2 Å². The van der Waals surface area contributed by atoms with Gasteiger partial charge in [0, 0.05) is 49.2 Å². The standard InChI is InChI=1S/C17H22N6O2/c1-25-17-16(18-3-4-19-17)22-12-6-11(7-12)14-8-15(21-10-20-14)23-5-2-13(24)9-23/h3-4,8,10-13,24H,2,5-7,9H2,1H3,(H,18,22)/t11?,12?,13-/m0/s1. The Morgan fingerprint density at radius 1 is 1.20 bits per heavy atom. The normalized spacial score (nSPS) is 25.5. The van der Waals surface area contributed by atoms with Crippen molar-refractivity contribution in [2.45, 2.75) is 37.3 Å². The van der Waals surface area contributed by atoms with Crippen LogP contribution in [0.4, 0.5) is 11.6 Å². The third-order valence-corrected chi connectivity index (χ3v) is 4.92. The smallest absolute Gasteiger partial charge is 0.257 e. The first-order valence-corrected chi connectivity index (χ1v) is 8.59. The molecule has 0 spiro atoms. The molecule has 1 saturated carbocycles. The van der Waals surface area contributed by atoms with E-state index in [0.29, 0.717) is 30.2 Å². The highest BCUT2D eigenvalue weighted by Gasteiger charge is 2.33. The van der Waals surface area contributed by atoms with Gasteiger partial charge in [0.15, 0.2) is 5.82 Å². The summed E-state index contributed by atoms with van der Waals surface area (Å²) < 4.78 is 5.22. The number of ether oxygens (including phenoxy) is 1. The summed E-state index contributed by atoms with van der Waals surface area (Å²) in [6.07, 6.45) is 7.42. The number of nitrogens with zero attached hydrogens (tertiary/aromatic N) is 5. The number of aliphatic hydroxyl groups is 1. The van der Waals surface area contributed by atoms with Crippen molar-refractivity contribution in [3.63, 3.8) is 0 Å². The molecule has 3 heterocycles. The van der Waals surface area contributed by atoms with Crippen LogP contribution < -0.4 is 15.0 Å². The molecular weight excluding hydrogens is 320 g/mol. The molecule has 0 unspecified atom stereocenters. The van der Waals surface area contributed by atoms with E-state index in [4.69, 9.17) is 4.74 Å². The lowest BCUT2D eigenvalue weighted by Gasteiger charge is -2.36. The van der Waals surface area contributed by atoms with Gasteiger partial charge in [0.25, 0.3) is 5.88 Å². The lowest BCUT2D eigenvalue weighted by Crippen LogP contribution is -2.35. The molecule has 1 aliphatic heterocycles. The minimum absolute atomic E-state index is 0.252. The molecule has 4 rings (SSSR count). The zero-order chi connectivity index (χ0) is 17.2. The van der Waals surface area contributed by atoms with E-state index < -0.39 is 0 Å². The molecule has 8 nitrogen and oxygen atoms in total. The summed E-state index contributed by atoms with van der Waals surface area (Å²) in [5, 5.41) is 13.1. The molecule has 0 amide bonds. The molecule has 25 heavy (non-hydrogen) atoms. The summed E-state index contributed by atoms with van der Waals surface area (Å²) in [6, 6.07) is 2.39. The van der Waals surface area contributed by atoms with Gasteiger partial charge in [0.05, 0.1) is 13.2 Å². The molecule has 0 radical (unpaired) electrons. The first-order valence-electron chi connectivity index (χ1n) is 8.59. The second kappa shape index (κ2) is 6.79. The maximum atomic E-state index is 9.70. The fraction of sp³-hybridized carbons (Fsp3) is 0.529. The molecule has 1 saturated heterocycles. The number of methoxy groups -OCH3 is 1. The first-order chi connectivity index (χ1) is 12.2. The Labute approximate surface area is 146 Å². The fourth-order valence-corrected chi connectivity index (χ4v) is 3.45. The second-order valence-corrected chi connectivity index (χ2v) is 6.61. The highest BCUT2D eigenvalue weighted by Crippen LogP contribution is 2.39. The molecule has 2 aromatic rings. The summed E-state index contributed by atoms with van der Waals surface area (Å²) in [4.78, 5) is 19.4. The molecule has 2 fully saturated rings. The van der Waals surface area contributed by atoms with Crippen LogP contribution in [0, 0.1) is 0 Å². The molecule has 1 atom stereocenters. The minimum Gasteiger partial charge on any atom is -0.478 e. The van der Waals surface area contributed by atoms with Gasteiger partial charge >= 0.3 is 0 Å². The van der Waals surface area contributed by atoms with Crippen LogP contribution in [0.5, 0.6) is 5.88 Å². The van der Waals surface area contributed by atoms with Crippen LogP contribution in [0.1, 0.15) is 30.9 Å². The Bertz CT molecular complexity index is 737. The fourth-order valence-electron chi connectivity index (χ4n) is 3.45. The van der Waals surface area contributed by atoms with Crippen molar-refractivity contribution in [3.8, 4) is 5.88 Å². The first kappa shape index (κ1) is 16.0. The predicted molar refractivity (Wildman–Crippen MR) is 92.8 cm³/mol. The topological polar surface area (TPSA) is 96.3 Å².